The Labute approximate surface area is 161 Å². The molecule has 1 heterocycles. The van der Waals surface area contributed by atoms with Gasteiger partial charge in [0, 0.05) is 18.9 Å². The van der Waals surface area contributed by atoms with E-state index in [0.29, 0.717) is 17.9 Å². The van der Waals surface area contributed by atoms with Crippen LogP contribution in [0.5, 0.6) is 0 Å². The third-order valence-corrected chi connectivity index (χ3v) is 4.90. The van der Waals surface area contributed by atoms with Crippen molar-refractivity contribution >= 4 is 5.91 Å². The normalized spacial score (nSPS) is 16.0. The van der Waals surface area contributed by atoms with E-state index >= 15 is 0 Å². The molecule has 8 heteroatoms. The summed E-state index contributed by atoms with van der Waals surface area (Å²) in [7, 11) is 0. The highest BCUT2D eigenvalue weighted by molar-refractivity contribution is 5.76. The van der Waals surface area contributed by atoms with Crippen molar-refractivity contribution in [1.29, 1.82) is 0 Å². The van der Waals surface area contributed by atoms with Crippen molar-refractivity contribution in [2.45, 2.75) is 70.0 Å². The Morgan fingerprint density at radius 2 is 1.82 bits per heavy atom. The molecule has 0 unspecified atom stereocenters. The van der Waals surface area contributed by atoms with Crippen LogP contribution in [0, 0.1) is 0 Å². The van der Waals surface area contributed by atoms with E-state index in [9.17, 15) is 18.0 Å². The van der Waals surface area contributed by atoms with Gasteiger partial charge in [0.2, 0.25) is 17.7 Å². The van der Waals surface area contributed by atoms with E-state index in [1.807, 2.05) is 0 Å². The Kier molecular flexibility index (Phi) is 6.70. The molecule has 1 N–H and O–H groups in total. The van der Waals surface area contributed by atoms with Crippen molar-refractivity contribution in [1.82, 2.24) is 15.5 Å². The van der Waals surface area contributed by atoms with Gasteiger partial charge in [-0.2, -0.15) is 13.2 Å². The lowest BCUT2D eigenvalue weighted by Gasteiger charge is -2.15. The van der Waals surface area contributed by atoms with Crippen molar-refractivity contribution in [2.24, 2.45) is 0 Å². The van der Waals surface area contributed by atoms with Crippen molar-refractivity contribution in [3.8, 4) is 0 Å². The molecule has 0 saturated heterocycles. The van der Waals surface area contributed by atoms with Crippen LogP contribution in [0.1, 0.15) is 67.9 Å². The second kappa shape index (κ2) is 9.21. The predicted octanol–water partition coefficient (Wildman–Crippen LogP) is 4.45. The molecule has 1 aromatic heterocycles. The number of benzene rings is 1. The van der Waals surface area contributed by atoms with Gasteiger partial charge in [0.25, 0.3) is 0 Å². The number of aromatic nitrogens is 2. The summed E-state index contributed by atoms with van der Waals surface area (Å²) in [6.07, 6.45) is 3.08. The monoisotopic (exact) mass is 395 g/mol. The molecule has 1 aliphatic rings. The summed E-state index contributed by atoms with van der Waals surface area (Å²) in [6, 6.07) is 5.28. The first-order valence-electron chi connectivity index (χ1n) is 9.67. The molecular formula is C20H24F3N3O2. The van der Waals surface area contributed by atoms with E-state index in [-0.39, 0.29) is 30.7 Å². The summed E-state index contributed by atoms with van der Waals surface area (Å²) >= 11 is 0. The summed E-state index contributed by atoms with van der Waals surface area (Å²) < 4.78 is 43.9. The standard InChI is InChI=1S/C20H24F3N3O2/c21-20(22,23)15-7-5-6-14(12-15)13-19-26-25-18(28-19)11-10-17(27)24-16-8-3-1-2-4-9-16/h5-7,12,16H,1-4,8-11,13H2,(H,24,27). The predicted molar refractivity (Wildman–Crippen MR) is 96.5 cm³/mol. The van der Waals surface area contributed by atoms with Crippen molar-refractivity contribution in [2.75, 3.05) is 0 Å². The smallest absolute Gasteiger partial charge is 0.416 e. The molecule has 1 aliphatic carbocycles. The average Bonchev–Trinajstić information content (AvgIpc) is 2.93. The van der Waals surface area contributed by atoms with Crippen LogP contribution in [0.4, 0.5) is 13.2 Å². The van der Waals surface area contributed by atoms with Gasteiger partial charge in [0.05, 0.1) is 12.0 Å². The van der Waals surface area contributed by atoms with Crippen molar-refractivity contribution < 1.29 is 22.4 Å². The van der Waals surface area contributed by atoms with Crippen LogP contribution in [0.25, 0.3) is 0 Å². The fourth-order valence-corrected chi connectivity index (χ4v) is 3.44. The number of carbonyl (C=O) groups is 1. The summed E-state index contributed by atoms with van der Waals surface area (Å²) in [5, 5.41) is 10.8. The second-order valence-electron chi connectivity index (χ2n) is 7.22. The minimum absolute atomic E-state index is 0.0375. The van der Waals surface area contributed by atoms with Gasteiger partial charge in [0.15, 0.2) is 0 Å². The maximum atomic E-state index is 12.8. The molecule has 0 bridgehead atoms. The zero-order valence-corrected chi connectivity index (χ0v) is 15.6. The van der Waals surface area contributed by atoms with Gasteiger partial charge in [0.1, 0.15) is 0 Å². The first kappa shape index (κ1) is 20.4. The van der Waals surface area contributed by atoms with Crippen LogP contribution in [0.15, 0.2) is 28.7 Å². The number of nitrogens with zero attached hydrogens (tertiary/aromatic N) is 2. The highest BCUT2D eigenvalue weighted by Gasteiger charge is 2.30. The van der Waals surface area contributed by atoms with Gasteiger partial charge in [-0.1, -0.05) is 43.9 Å². The van der Waals surface area contributed by atoms with Crippen LogP contribution in [0.3, 0.4) is 0 Å². The van der Waals surface area contributed by atoms with E-state index in [2.05, 4.69) is 15.5 Å². The maximum absolute atomic E-state index is 12.8. The summed E-state index contributed by atoms with van der Waals surface area (Å²) in [5.74, 6) is 0.515. The topological polar surface area (TPSA) is 68.0 Å². The molecule has 5 nitrogen and oxygen atoms in total. The Morgan fingerprint density at radius 3 is 2.54 bits per heavy atom. The van der Waals surface area contributed by atoms with Gasteiger partial charge in [-0.25, -0.2) is 0 Å². The number of amides is 1. The summed E-state index contributed by atoms with van der Waals surface area (Å²) in [6.45, 7) is 0. The molecular weight excluding hydrogens is 371 g/mol. The van der Waals surface area contributed by atoms with E-state index in [4.69, 9.17) is 4.42 Å². The minimum Gasteiger partial charge on any atom is -0.425 e. The zero-order chi connectivity index (χ0) is 20.0. The number of hydrogen-bond donors (Lipinski definition) is 1. The van der Waals surface area contributed by atoms with E-state index in [1.165, 1.54) is 18.9 Å². The first-order valence-corrected chi connectivity index (χ1v) is 9.67. The molecule has 0 atom stereocenters. The lowest BCUT2D eigenvalue weighted by atomic mass is 10.1. The number of carbonyl (C=O) groups excluding carboxylic acids is 1. The molecule has 3 rings (SSSR count). The van der Waals surface area contributed by atoms with Crippen LogP contribution in [0.2, 0.25) is 0 Å². The van der Waals surface area contributed by atoms with Crippen LogP contribution in [-0.4, -0.2) is 22.1 Å². The largest absolute Gasteiger partial charge is 0.425 e. The molecule has 1 fully saturated rings. The fourth-order valence-electron chi connectivity index (χ4n) is 3.44. The quantitative estimate of drug-likeness (QED) is 0.734. The number of alkyl halides is 3. The van der Waals surface area contributed by atoms with Crippen LogP contribution in [-0.2, 0) is 23.8 Å². The molecule has 0 radical (unpaired) electrons. The fraction of sp³-hybridized carbons (Fsp3) is 0.550. The number of hydrogen-bond acceptors (Lipinski definition) is 4. The Balaban J connectivity index is 1.49. The molecule has 2 aromatic rings. The van der Waals surface area contributed by atoms with Gasteiger partial charge < -0.3 is 9.73 Å². The Morgan fingerprint density at radius 1 is 1.11 bits per heavy atom. The molecule has 1 saturated carbocycles. The molecule has 152 valence electrons. The zero-order valence-electron chi connectivity index (χ0n) is 15.6. The number of aryl methyl sites for hydroxylation is 1. The molecule has 1 amide bonds. The van der Waals surface area contributed by atoms with Gasteiger partial charge in [-0.3, -0.25) is 4.79 Å². The SMILES string of the molecule is O=C(CCc1nnc(Cc2cccc(C(F)(F)F)c2)o1)NC1CCCCCC1. The summed E-state index contributed by atoms with van der Waals surface area (Å²) in [4.78, 5) is 12.1. The van der Waals surface area contributed by atoms with Gasteiger partial charge >= 0.3 is 6.18 Å². The molecule has 0 spiro atoms. The van der Waals surface area contributed by atoms with Gasteiger partial charge in [-0.15, -0.1) is 10.2 Å². The van der Waals surface area contributed by atoms with Crippen molar-refractivity contribution in [3.05, 3.63) is 47.2 Å². The van der Waals surface area contributed by atoms with E-state index in [0.717, 1.165) is 37.8 Å². The third kappa shape index (κ3) is 6.07. The van der Waals surface area contributed by atoms with Crippen LogP contribution < -0.4 is 5.32 Å². The van der Waals surface area contributed by atoms with E-state index in [1.54, 1.807) is 6.07 Å². The Hall–Kier alpha value is -2.38. The molecule has 1 aromatic carbocycles. The Bertz CT molecular complexity index is 781. The minimum atomic E-state index is -4.39. The highest BCUT2D eigenvalue weighted by Crippen LogP contribution is 2.30. The lowest BCUT2D eigenvalue weighted by Crippen LogP contribution is -2.34. The highest BCUT2D eigenvalue weighted by atomic mass is 19.4. The summed E-state index contributed by atoms with van der Waals surface area (Å²) in [5.41, 5.74) is -0.268. The van der Waals surface area contributed by atoms with E-state index < -0.39 is 11.7 Å². The molecule has 28 heavy (non-hydrogen) atoms. The number of nitrogens with one attached hydrogen (secondary N) is 1. The van der Waals surface area contributed by atoms with Crippen LogP contribution >= 0.6 is 0 Å². The van der Waals surface area contributed by atoms with Gasteiger partial charge in [-0.05, 0) is 24.5 Å². The third-order valence-electron chi connectivity index (χ3n) is 4.90. The second-order valence-corrected chi connectivity index (χ2v) is 7.22. The maximum Gasteiger partial charge on any atom is 0.416 e. The average molecular weight is 395 g/mol. The molecule has 0 aliphatic heterocycles. The number of rotatable bonds is 6. The van der Waals surface area contributed by atoms with Crippen molar-refractivity contribution in [3.63, 3.8) is 0 Å². The lowest BCUT2D eigenvalue weighted by molar-refractivity contribution is -0.137. The first-order chi connectivity index (χ1) is 13.4. The number of halogens is 3.